The fourth-order valence-corrected chi connectivity index (χ4v) is 2.79. The number of likely N-dealkylation sites (tertiary alicyclic amines) is 1. The summed E-state index contributed by atoms with van der Waals surface area (Å²) in [6.45, 7) is 8.89. The van der Waals surface area contributed by atoms with Crippen LogP contribution >= 0.6 is 0 Å². The molecule has 3 nitrogen and oxygen atoms in total. The number of nitrogens with one attached hydrogen (secondary N) is 1. The normalized spacial score (nSPS) is 15.5. The summed E-state index contributed by atoms with van der Waals surface area (Å²) < 4.78 is 5.66. The van der Waals surface area contributed by atoms with Crippen LogP contribution in [0.3, 0.4) is 0 Å². The number of rotatable bonds is 10. The third-order valence-corrected chi connectivity index (χ3v) is 3.98. The predicted molar refractivity (Wildman–Crippen MR) is 88.8 cm³/mol. The molecule has 0 saturated carbocycles. The molecule has 1 heterocycles. The van der Waals surface area contributed by atoms with Gasteiger partial charge < -0.3 is 15.0 Å². The molecule has 1 aliphatic rings. The van der Waals surface area contributed by atoms with Crippen molar-refractivity contribution in [3.05, 3.63) is 29.8 Å². The Balaban J connectivity index is 1.55. The van der Waals surface area contributed by atoms with Gasteiger partial charge in [0, 0.05) is 6.54 Å². The molecule has 2 rings (SSSR count). The van der Waals surface area contributed by atoms with E-state index in [0.29, 0.717) is 0 Å². The number of ether oxygens (including phenoxy) is 1. The van der Waals surface area contributed by atoms with Gasteiger partial charge in [0.1, 0.15) is 5.75 Å². The highest BCUT2D eigenvalue weighted by atomic mass is 16.5. The number of nitrogens with zero attached hydrogens (tertiary/aromatic N) is 1. The first kappa shape index (κ1) is 16.3. The average molecular weight is 290 g/mol. The van der Waals surface area contributed by atoms with E-state index in [1.165, 1.54) is 50.9 Å². The fourth-order valence-electron chi connectivity index (χ4n) is 2.79. The van der Waals surface area contributed by atoms with Crippen molar-refractivity contribution in [2.45, 2.75) is 45.6 Å². The van der Waals surface area contributed by atoms with Crippen LogP contribution in [0, 0.1) is 0 Å². The third kappa shape index (κ3) is 6.49. The van der Waals surface area contributed by atoms with Gasteiger partial charge in [-0.25, -0.2) is 0 Å². The maximum absolute atomic E-state index is 5.66. The van der Waals surface area contributed by atoms with E-state index in [1.54, 1.807) is 0 Å². The van der Waals surface area contributed by atoms with E-state index in [9.17, 15) is 0 Å². The van der Waals surface area contributed by atoms with Gasteiger partial charge in [-0.3, -0.25) is 0 Å². The number of hydrogen-bond donors (Lipinski definition) is 1. The average Bonchev–Trinajstić information content (AvgIpc) is 3.02. The quantitative estimate of drug-likeness (QED) is 0.668. The second-order valence-corrected chi connectivity index (χ2v) is 5.93. The highest BCUT2D eigenvalue weighted by Crippen LogP contribution is 2.13. The molecular formula is C18H30N2O. The van der Waals surface area contributed by atoms with Crippen molar-refractivity contribution in [2.75, 3.05) is 32.8 Å². The first-order chi connectivity index (χ1) is 10.4. The van der Waals surface area contributed by atoms with Crippen molar-refractivity contribution in [1.82, 2.24) is 10.2 Å². The lowest BCUT2D eigenvalue weighted by molar-refractivity contribution is 0.317. The molecule has 1 fully saturated rings. The predicted octanol–water partition coefficient (Wildman–Crippen LogP) is 3.44. The van der Waals surface area contributed by atoms with Gasteiger partial charge in [0.2, 0.25) is 0 Å². The summed E-state index contributed by atoms with van der Waals surface area (Å²) in [5.74, 6) is 0.991. The van der Waals surface area contributed by atoms with Crippen molar-refractivity contribution in [3.8, 4) is 5.75 Å². The molecule has 21 heavy (non-hydrogen) atoms. The van der Waals surface area contributed by atoms with Gasteiger partial charge in [0.25, 0.3) is 0 Å². The zero-order chi connectivity index (χ0) is 14.8. The standard InChI is InChI=1S/C18H30N2O/c1-2-14-21-18-9-7-8-17(15-18)16-19-10-3-4-11-20-12-5-6-13-20/h7-9,15,19H,2-6,10-14,16H2,1H3. The molecule has 0 spiro atoms. The Morgan fingerprint density at radius 3 is 2.86 bits per heavy atom. The molecule has 0 bridgehead atoms. The van der Waals surface area contributed by atoms with Crippen LogP contribution < -0.4 is 10.1 Å². The van der Waals surface area contributed by atoms with Crippen LogP contribution in [0.15, 0.2) is 24.3 Å². The van der Waals surface area contributed by atoms with E-state index >= 15 is 0 Å². The van der Waals surface area contributed by atoms with E-state index < -0.39 is 0 Å². The third-order valence-electron chi connectivity index (χ3n) is 3.98. The SMILES string of the molecule is CCCOc1cccc(CNCCCCN2CCCC2)c1. The van der Waals surface area contributed by atoms with Crippen LogP contribution in [0.4, 0.5) is 0 Å². The molecule has 0 radical (unpaired) electrons. The van der Waals surface area contributed by atoms with Crippen LogP contribution in [0.25, 0.3) is 0 Å². The van der Waals surface area contributed by atoms with Crippen molar-refractivity contribution < 1.29 is 4.74 Å². The summed E-state index contributed by atoms with van der Waals surface area (Å²) in [6, 6.07) is 8.42. The largest absolute Gasteiger partial charge is 0.494 e. The molecule has 1 aromatic carbocycles. The lowest BCUT2D eigenvalue weighted by Crippen LogP contribution is -2.22. The van der Waals surface area contributed by atoms with Gasteiger partial charge in [-0.1, -0.05) is 19.1 Å². The zero-order valence-corrected chi connectivity index (χ0v) is 13.4. The first-order valence-corrected chi connectivity index (χ1v) is 8.53. The lowest BCUT2D eigenvalue weighted by Gasteiger charge is -2.14. The molecule has 1 saturated heterocycles. The minimum Gasteiger partial charge on any atom is -0.494 e. The van der Waals surface area contributed by atoms with Gasteiger partial charge in [0.05, 0.1) is 6.61 Å². The van der Waals surface area contributed by atoms with Crippen LogP contribution in [0.5, 0.6) is 5.75 Å². The van der Waals surface area contributed by atoms with Gasteiger partial charge in [-0.15, -0.1) is 0 Å². The number of hydrogen-bond acceptors (Lipinski definition) is 3. The van der Waals surface area contributed by atoms with E-state index in [1.807, 2.05) is 6.07 Å². The highest BCUT2D eigenvalue weighted by Gasteiger charge is 2.09. The molecule has 0 aromatic heterocycles. The zero-order valence-electron chi connectivity index (χ0n) is 13.4. The molecule has 1 aromatic rings. The molecule has 1 aliphatic heterocycles. The van der Waals surface area contributed by atoms with Crippen molar-refractivity contribution in [1.29, 1.82) is 0 Å². The second-order valence-electron chi connectivity index (χ2n) is 5.93. The number of unbranched alkanes of at least 4 members (excludes halogenated alkanes) is 1. The first-order valence-electron chi connectivity index (χ1n) is 8.53. The van der Waals surface area contributed by atoms with E-state index in [0.717, 1.165) is 31.9 Å². The molecular weight excluding hydrogens is 260 g/mol. The molecule has 0 amide bonds. The molecule has 0 unspecified atom stereocenters. The Morgan fingerprint density at radius 2 is 2.05 bits per heavy atom. The Hall–Kier alpha value is -1.06. The molecule has 3 heteroatoms. The topological polar surface area (TPSA) is 24.5 Å². The lowest BCUT2D eigenvalue weighted by atomic mass is 10.2. The van der Waals surface area contributed by atoms with E-state index in [4.69, 9.17) is 4.74 Å². The second kappa shape index (κ2) is 9.80. The summed E-state index contributed by atoms with van der Waals surface area (Å²) in [5.41, 5.74) is 1.31. The van der Waals surface area contributed by atoms with Crippen LogP contribution in [0.1, 0.15) is 44.6 Å². The van der Waals surface area contributed by atoms with Gasteiger partial charge in [-0.2, -0.15) is 0 Å². The summed E-state index contributed by atoms with van der Waals surface area (Å²) in [4.78, 5) is 2.59. The summed E-state index contributed by atoms with van der Waals surface area (Å²) in [6.07, 6.45) is 6.43. The maximum Gasteiger partial charge on any atom is 0.119 e. The van der Waals surface area contributed by atoms with Gasteiger partial charge >= 0.3 is 0 Å². The highest BCUT2D eigenvalue weighted by molar-refractivity contribution is 5.28. The van der Waals surface area contributed by atoms with Gasteiger partial charge in [-0.05, 0) is 76.0 Å². The Labute approximate surface area is 129 Å². The van der Waals surface area contributed by atoms with Crippen molar-refractivity contribution in [3.63, 3.8) is 0 Å². The maximum atomic E-state index is 5.66. The summed E-state index contributed by atoms with van der Waals surface area (Å²) >= 11 is 0. The van der Waals surface area contributed by atoms with Gasteiger partial charge in [0.15, 0.2) is 0 Å². The minimum absolute atomic E-state index is 0.799. The number of benzene rings is 1. The monoisotopic (exact) mass is 290 g/mol. The summed E-state index contributed by atoms with van der Waals surface area (Å²) in [7, 11) is 0. The van der Waals surface area contributed by atoms with Crippen molar-refractivity contribution in [2.24, 2.45) is 0 Å². The molecule has 1 N–H and O–H groups in total. The fraction of sp³-hybridized carbons (Fsp3) is 0.667. The Kier molecular flexibility index (Phi) is 7.61. The minimum atomic E-state index is 0.799. The van der Waals surface area contributed by atoms with Crippen LogP contribution in [0.2, 0.25) is 0 Å². The smallest absolute Gasteiger partial charge is 0.119 e. The van der Waals surface area contributed by atoms with E-state index in [2.05, 4.69) is 35.3 Å². The molecule has 0 atom stereocenters. The van der Waals surface area contributed by atoms with Crippen LogP contribution in [-0.4, -0.2) is 37.7 Å². The van der Waals surface area contributed by atoms with Crippen molar-refractivity contribution >= 4 is 0 Å². The van der Waals surface area contributed by atoms with E-state index in [-0.39, 0.29) is 0 Å². The summed E-state index contributed by atoms with van der Waals surface area (Å²) in [5, 5.41) is 3.54. The van der Waals surface area contributed by atoms with Crippen LogP contribution in [-0.2, 0) is 6.54 Å². The Morgan fingerprint density at radius 1 is 1.19 bits per heavy atom. The Bertz CT molecular complexity index is 389. The molecule has 118 valence electrons. The molecule has 0 aliphatic carbocycles.